The smallest absolute Gasteiger partial charge is 0.227 e. The van der Waals surface area contributed by atoms with Crippen molar-refractivity contribution in [3.05, 3.63) is 40.1 Å². The predicted octanol–water partition coefficient (Wildman–Crippen LogP) is 3.06. The molecule has 0 N–H and O–H groups in total. The van der Waals surface area contributed by atoms with E-state index in [9.17, 15) is 4.79 Å². The van der Waals surface area contributed by atoms with Crippen LogP contribution in [-0.4, -0.2) is 40.1 Å². The minimum atomic E-state index is 0.183. The van der Waals surface area contributed by atoms with Crippen molar-refractivity contribution >= 4 is 17.2 Å². The van der Waals surface area contributed by atoms with Crippen LogP contribution in [0.25, 0.3) is 0 Å². The summed E-state index contributed by atoms with van der Waals surface area (Å²) in [5.41, 5.74) is 3.44. The number of carbonyl (C=O) groups excluding carboxylic acids is 1. The lowest BCUT2D eigenvalue weighted by Crippen LogP contribution is -2.41. The molecule has 1 fully saturated rings. The maximum absolute atomic E-state index is 12.7. The first-order valence-electron chi connectivity index (χ1n) is 9.15. The van der Waals surface area contributed by atoms with Gasteiger partial charge >= 0.3 is 0 Å². The molecule has 1 atom stereocenters. The average molecular weight is 359 g/mol. The van der Waals surface area contributed by atoms with Gasteiger partial charge in [-0.25, -0.2) is 4.98 Å². The van der Waals surface area contributed by atoms with Gasteiger partial charge in [-0.3, -0.25) is 4.79 Å². The highest BCUT2D eigenvalue weighted by Crippen LogP contribution is 2.34. The molecule has 25 heavy (non-hydrogen) atoms. The number of carbonyl (C=O) groups is 1. The van der Waals surface area contributed by atoms with Gasteiger partial charge < -0.3 is 14.2 Å². The van der Waals surface area contributed by atoms with Crippen LogP contribution in [0.15, 0.2) is 23.2 Å². The van der Waals surface area contributed by atoms with E-state index in [1.165, 1.54) is 18.5 Å². The van der Waals surface area contributed by atoms with E-state index in [4.69, 9.17) is 4.74 Å². The molecule has 1 aliphatic heterocycles. The summed E-state index contributed by atoms with van der Waals surface area (Å²) in [4.78, 5) is 19.3. The Kier molecular flexibility index (Phi) is 4.90. The van der Waals surface area contributed by atoms with Gasteiger partial charge in [0.15, 0.2) is 0 Å². The standard InChI is InChI=1S/C19H25N3O2S/c1-2-24-11-16-9-21(18(23)7-15-5-6-25-12-15)10-17-19(16)22(13-20-17)8-14-3-4-14/h5-6,12-14,16H,2-4,7-11H2,1H3/t16-/m0/s1. The lowest BCUT2D eigenvalue weighted by Gasteiger charge is -2.33. The molecule has 2 aromatic rings. The Morgan fingerprint density at radius 3 is 3.04 bits per heavy atom. The number of ether oxygens (including phenoxy) is 1. The first-order chi connectivity index (χ1) is 12.2. The van der Waals surface area contributed by atoms with E-state index in [0.717, 1.165) is 30.3 Å². The van der Waals surface area contributed by atoms with Crippen LogP contribution < -0.4 is 0 Å². The number of rotatable bonds is 7. The van der Waals surface area contributed by atoms with E-state index in [-0.39, 0.29) is 11.8 Å². The quantitative estimate of drug-likeness (QED) is 0.763. The van der Waals surface area contributed by atoms with Crippen LogP contribution in [-0.2, 0) is 29.0 Å². The van der Waals surface area contributed by atoms with Crippen molar-refractivity contribution in [2.45, 2.75) is 45.2 Å². The van der Waals surface area contributed by atoms with Crippen LogP contribution >= 0.6 is 11.3 Å². The third-order valence-electron chi connectivity index (χ3n) is 5.09. The molecule has 134 valence electrons. The van der Waals surface area contributed by atoms with Crippen molar-refractivity contribution in [3.8, 4) is 0 Å². The number of hydrogen-bond acceptors (Lipinski definition) is 4. The van der Waals surface area contributed by atoms with E-state index in [0.29, 0.717) is 26.2 Å². The van der Waals surface area contributed by atoms with Crippen molar-refractivity contribution in [1.29, 1.82) is 0 Å². The van der Waals surface area contributed by atoms with Crippen LogP contribution in [0.3, 0.4) is 0 Å². The van der Waals surface area contributed by atoms with Crippen LogP contribution in [0.2, 0.25) is 0 Å². The molecule has 0 unspecified atom stereocenters. The number of hydrogen-bond donors (Lipinski definition) is 0. The highest BCUT2D eigenvalue weighted by molar-refractivity contribution is 7.08. The van der Waals surface area contributed by atoms with Gasteiger partial charge in [0.1, 0.15) is 0 Å². The minimum absolute atomic E-state index is 0.183. The highest BCUT2D eigenvalue weighted by atomic mass is 32.1. The van der Waals surface area contributed by atoms with Gasteiger partial charge in [-0.1, -0.05) is 0 Å². The first kappa shape index (κ1) is 16.8. The fourth-order valence-electron chi connectivity index (χ4n) is 3.61. The summed E-state index contributed by atoms with van der Waals surface area (Å²) in [6.07, 6.45) is 5.10. The van der Waals surface area contributed by atoms with Crippen molar-refractivity contribution in [1.82, 2.24) is 14.5 Å². The molecule has 2 aromatic heterocycles. The van der Waals surface area contributed by atoms with E-state index < -0.39 is 0 Å². The first-order valence-corrected chi connectivity index (χ1v) is 10.1. The summed E-state index contributed by atoms with van der Waals surface area (Å²) in [6, 6.07) is 2.03. The molecule has 1 aliphatic carbocycles. The maximum Gasteiger partial charge on any atom is 0.227 e. The monoisotopic (exact) mass is 359 g/mol. The number of fused-ring (bicyclic) bond motifs is 1. The van der Waals surface area contributed by atoms with Gasteiger partial charge in [0.25, 0.3) is 0 Å². The fraction of sp³-hybridized carbons (Fsp3) is 0.579. The molecule has 0 radical (unpaired) electrons. The highest BCUT2D eigenvalue weighted by Gasteiger charge is 2.33. The zero-order valence-electron chi connectivity index (χ0n) is 14.7. The molecule has 0 spiro atoms. The van der Waals surface area contributed by atoms with Gasteiger partial charge in [0, 0.05) is 31.3 Å². The molecular formula is C19H25N3O2S. The molecular weight excluding hydrogens is 334 g/mol. The molecule has 0 aromatic carbocycles. The molecule has 5 nitrogen and oxygen atoms in total. The Morgan fingerprint density at radius 1 is 1.44 bits per heavy atom. The van der Waals surface area contributed by atoms with E-state index in [2.05, 4.69) is 14.9 Å². The largest absolute Gasteiger partial charge is 0.381 e. The van der Waals surface area contributed by atoms with Crippen molar-refractivity contribution in [2.24, 2.45) is 5.92 Å². The topological polar surface area (TPSA) is 47.4 Å². The Balaban J connectivity index is 1.52. The van der Waals surface area contributed by atoms with Crippen molar-refractivity contribution in [3.63, 3.8) is 0 Å². The van der Waals surface area contributed by atoms with Gasteiger partial charge in [-0.2, -0.15) is 11.3 Å². The molecule has 3 heterocycles. The average Bonchev–Trinajstić information content (AvgIpc) is 3.11. The zero-order valence-corrected chi connectivity index (χ0v) is 15.5. The molecule has 4 rings (SSSR count). The van der Waals surface area contributed by atoms with Gasteiger partial charge in [0.2, 0.25) is 5.91 Å². The molecule has 2 aliphatic rings. The van der Waals surface area contributed by atoms with Gasteiger partial charge in [-0.05, 0) is 48.1 Å². The Bertz CT molecular complexity index is 721. The van der Waals surface area contributed by atoms with Crippen molar-refractivity contribution in [2.75, 3.05) is 19.8 Å². The summed E-state index contributed by atoms with van der Waals surface area (Å²) >= 11 is 1.64. The number of aromatic nitrogens is 2. The summed E-state index contributed by atoms with van der Waals surface area (Å²) in [5.74, 6) is 1.21. The Labute approximate surface area is 152 Å². The second kappa shape index (κ2) is 7.30. The lowest BCUT2D eigenvalue weighted by atomic mass is 9.98. The number of imidazole rings is 1. The Morgan fingerprint density at radius 2 is 2.32 bits per heavy atom. The van der Waals surface area contributed by atoms with Crippen molar-refractivity contribution < 1.29 is 9.53 Å². The predicted molar refractivity (Wildman–Crippen MR) is 97.6 cm³/mol. The van der Waals surface area contributed by atoms with Crippen LogP contribution in [0.1, 0.15) is 42.6 Å². The SMILES string of the molecule is CCOC[C@@H]1CN(C(=O)Cc2ccsc2)Cc2ncn(CC3CC3)c21. The van der Waals surface area contributed by atoms with Gasteiger partial charge in [0.05, 0.1) is 31.6 Å². The summed E-state index contributed by atoms with van der Waals surface area (Å²) in [5, 5.41) is 4.07. The third kappa shape index (κ3) is 3.80. The number of nitrogens with zero attached hydrogens (tertiary/aromatic N) is 3. The Hall–Kier alpha value is -1.66. The zero-order chi connectivity index (χ0) is 17.2. The number of amides is 1. The van der Waals surface area contributed by atoms with Crippen LogP contribution in [0.5, 0.6) is 0 Å². The van der Waals surface area contributed by atoms with Gasteiger partial charge in [-0.15, -0.1) is 0 Å². The molecule has 1 saturated carbocycles. The van der Waals surface area contributed by atoms with Crippen LogP contribution in [0, 0.1) is 5.92 Å². The molecule has 0 saturated heterocycles. The lowest BCUT2D eigenvalue weighted by molar-refractivity contribution is -0.132. The molecule has 6 heteroatoms. The third-order valence-corrected chi connectivity index (χ3v) is 5.82. The van der Waals surface area contributed by atoms with E-state index >= 15 is 0 Å². The summed E-state index contributed by atoms with van der Waals surface area (Å²) < 4.78 is 8.05. The summed E-state index contributed by atoms with van der Waals surface area (Å²) in [6.45, 7) is 5.79. The minimum Gasteiger partial charge on any atom is -0.381 e. The van der Waals surface area contributed by atoms with E-state index in [1.807, 2.05) is 29.6 Å². The molecule has 1 amide bonds. The second-order valence-corrected chi connectivity index (χ2v) is 7.89. The number of thiophene rings is 1. The fourth-order valence-corrected chi connectivity index (χ4v) is 4.28. The summed E-state index contributed by atoms with van der Waals surface area (Å²) in [7, 11) is 0. The second-order valence-electron chi connectivity index (χ2n) is 7.11. The van der Waals surface area contributed by atoms with E-state index in [1.54, 1.807) is 11.3 Å². The van der Waals surface area contributed by atoms with Crippen LogP contribution in [0.4, 0.5) is 0 Å². The normalized spacial score (nSPS) is 19.9. The maximum atomic E-state index is 12.7. The molecule has 0 bridgehead atoms.